The predicted molar refractivity (Wildman–Crippen MR) is 75.3 cm³/mol. The molecule has 0 spiro atoms. The summed E-state index contributed by atoms with van der Waals surface area (Å²) >= 11 is 0. The fraction of sp³-hybridized carbons (Fsp3) is 0.467. The molecule has 1 heterocycles. The van der Waals surface area contributed by atoms with Gasteiger partial charge in [-0.2, -0.15) is 0 Å². The second-order valence-corrected chi connectivity index (χ2v) is 5.43. The molecular formula is C15H17F3N2O3. The number of nitrogens with zero attached hydrogens (tertiary/aromatic N) is 1. The molecule has 0 atom stereocenters. The number of halogens is 3. The molecule has 0 aliphatic carbocycles. The predicted octanol–water partition coefficient (Wildman–Crippen LogP) is 1.85. The number of ether oxygens (including phenoxy) is 1. The van der Waals surface area contributed by atoms with Crippen LogP contribution in [0, 0.1) is 5.92 Å². The average Bonchev–Trinajstić information content (AvgIpc) is 2.48. The van der Waals surface area contributed by atoms with E-state index in [4.69, 9.17) is 5.73 Å². The molecule has 0 aromatic heterocycles. The molecular weight excluding hydrogens is 313 g/mol. The van der Waals surface area contributed by atoms with Crippen LogP contribution in [0.2, 0.25) is 0 Å². The maximum absolute atomic E-state index is 12.2. The van der Waals surface area contributed by atoms with Crippen molar-refractivity contribution < 1.29 is 27.5 Å². The van der Waals surface area contributed by atoms with Crippen molar-refractivity contribution in [1.82, 2.24) is 4.90 Å². The third kappa shape index (κ3) is 5.15. The molecule has 1 aliphatic heterocycles. The number of nitrogens with two attached hydrogens (primary N) is 1. The first-order valence-corrected chi connectivity index (χ1v) is 7.16. The van der Waals surface area contributed by atoms with Crippen LogP contribution in [-0.2, 0) is 16.0 Å². The normalized spacial score (nSPS) is 16.2. The standard InChI is InChI=1S/C15H17F3N2O3/c16-15(17,18)23-12-3-1-10(2-4-12)9-13(21)20-7-5-11(6-8-20)14(19)22/h1-4,11H,5-9H2,(H2,19,22). The van der Waals surface area contributed by atoms with Gasteiger partial charge in [-0.1, -0.05) is 12.1 Å². The Morgan fingerprint density at radius 1 is 1.17 bits per heavy atom. The lowest BCUT2D eigenvalue weighted by Crippen LogP contribution is -2.42. The number of amides is 2. The zero-order valence-electron chi connectivity index (χ0n) is 12.3. The zero-order valence-corrected chi connectivity index (χ0v) is 12.3. The summed E-state index contributed by atoms with van der Waals surface area (Å²) in [6, 6.07) is 5.20. The molecule has 2 amide bonds. The summed E-state index contributed by atoms with van der Waals surface area (Å²) in [6.45, 7) is 0.920. The average molecular weight is 330 g/mol. The number of piperidine rings is 1. The van der Waals surface area contributed by atoms with Crippen molar-refractivity contribution in [3.8, 4) is 5.75 Å². The van der Waals surface area contributed by atoms with Crippen LogP contribution in [0.1, 0.15) is 18.4 Å². The number of hydrogen-bond acceptors (Lipinski definition) is 3. The van der Waals surface area contributed by atoms with E-state index < -0.39 is 6.36 Å². The van der Waals surface area contributed by atoms with Gasteiger partial charge in [0.25, 0.3) is 0 Å². The molecule has 2 N–H and O–H groups in total. The Morgan fingerprint density at radius 3 is 2.22 bits per heavy atom. The molecule has 1 aromatic rings. The molecule has 0 bridgehead atoms. The van der Waals surface area contributed by atoms with Crippen molar-refractivity contribution in [2.75, 3.05) is 13.1 Å². The fourth-order valence-corrected chi connectivity index (χ4v) is 2.51. The van der Waals surface area contributed by atoms with Crippen molar-refractivity contribution in [3.05, 3.63) is 29.8 Å². The Balaban J connectivity index is 1.87. The van der Waals surface area contributed by atoms with Crippen LogP contribution in [0.15, 0.2) is 24.3 Å². The van der Waals surface area contributed by atoms with Crippen LogP contribution in [0.4, 0.5) is 13.2 Å². The Bertz CT molecular complexity index is 564. The van der Waals surface area contributed by atoms with Crippen molar-refractivity contribution in [2.24, 2.45) is 11.7 Å². The molecule has 126 valence electrons. The monoisotopic (exact) mass is 330 g/mol. The number of primary amides is 1. The highest BCUT2D eigenvalue weighted by molar-refractivity contribution is 5.80. The first kappa shape index (κ1) is 17.1. The largest absolute Gasteiger partial charge is 0.573 e. The second-order valence-electron chi connectivity index (χ2n) is 5.43. The highest BCUT2D eigenvalue weighted by Crippen LogP contribution is 2.23. The van der Waals surface area contributed by atoms with Crippen LogP contribution in [-0.4, -0.2) is 36.2 Å². The highest BCUT2D eigenvalue weighted by atomic mass is 19.4. The van der Waals surface area contributed by atoms with Gasteiger partial charge in [-0.25, -0.2) is 0 Å². The van der Waals surface area contributed by atoms with Crippen molar-refractivity contribution >= 4 is 11.8 Å². The molecule has 1 fully saturated rings. The minimum Gasteiger partial charge on any atom is -0.406 e. The van der Waals surface area contributed by atoms with E-state index in [9.17, 15) is 22.8 Å². The topological polar surface area (TPSA) is 72.6 Å². The number of benzene rings is 1. The third-order valence-corrected chi connectivity index (χ3v) is 3.76. The number of likely N-dealkylation sites (tertiary alicyclic amines) is 1. The number of rotatable bonds is 4. The van der Waals surface area contributed by atoms with E-state index in [1.54, 1.807) is 4.90 Å². The lowest BCUT2D eigenvalue weighted by atomic mass is 9.96. The van der Waals surface area contributed by atoms with Gasteiger partial charge in [-0.3, -0.25) is 9.59 Å². The SMILES string of the molecule is NC(=O)C1CCN(C(=O)Cc2ccc(OC(F)(F)F)cc2)CC1. The number of hydrogen-bond donors (Lipinski definition) is 1. The molecule has 0 unspecified atom stereocenters. The third-order valence-electron chi connectivity index (χ3n) is 3.76. The lowest BCUT2D eigenvalue weighted by Gasteiger charge is -2.30. The maximum Gasteiger partial charge on any atom is 0.573 e. The van der Waals surface area contributed by atoms with Crippen LogP contribution in [0.5, 0.6) is 5.75 Å². The molecule has 8 heteroatoms. The fourth-order valence-electron chi connectivity index (χ4n) is 2.51. The Labute approximate surface area is 131 Å². The van der Waals surface area contributed by atoms with Gasteiger partial charge >= 0.3 is 6.36 Å². The van der Waals surface area contributed by atoms with Gasteiger partial charge in [0.05, 0.1) is 6.42 Å². The van der Waals surface area contributed by atoms with Crippen LogP contribution < -0.4 is 10.5 Å². The van der Waals surface area contributed by atoms with E-state index in [-0.39, 0.29) is 29.9 Å². The van der Waals surface area contributed by atoms with Crippen LogP contribution >= 0.6 is 0 Å². The Hall–Kier alpha value is -2.25. The highest BCUT2D eigenvalue weighted by Gasteiger charge is 2.31. The molecule has 5 nitrogen and oxygen atoms in total. The van der Waals surface area contributed by atoms with Crippen molar-refractivity contribution in [3.63, 3.8) is 0 Å². The summed E-state index contributed by atoms with van der Waals surface area (Å²) in [5.41, 5.74) is 5.83. The van der Waals surface area contributed by atoms with Gasteiger partial charge in [0.15, 0.2) is 0 Å². The van der Waals surface area contributed by atoms with Crippen molar-refractivity contribution in [1.29, 1.82) is 0 Å². The quantitative estimate of drug-likeness (QED) is 0.916. The van der Waals surface area contributed by atoms with Crippen LogP contribution in [0.3, 0.4) is 0 Å². The number of alkyl halides is 3. The maximum atomic E-state index is 12.2. The van der Waals surface area contributed by atoms with Gasteiger partial charge in [0.2, 0.25) is 11.8 Å². The van der Waals surface area contributed by atoms with Gasteiger partial charge in [-0.15, -0.1) is 13.2 Å². The molecule has 1 saturated heterocycles. The molecule has 0 radical (unpaired) electrons. The summed E-state index contributed by atoms with van der Waals surface area (Å²) in [7, 11) is 0. The summed E-state index contributed by atoms with van der Waals surface area (Å²) in [5, 5.41) is 0. The summed E-state index contributed by atoms with van der Waals surface area (Å²) in [4.78, 5) is 24.9. The summed E-state index contributed by atoms with van der Waals surface area (Å²) in [6.07, 6.45) is -3.56. The molecule has 0 saturated carbocycles. The van der Waals surface area contributed by atoms with Gasteiger partial charge in [0, 0.05) is 19.0 Å². The minimum atomic E-state index is -4.73. The second kappa shape index (κ2) is 6.89. The summed E-state index contributed by atoms with van der Waals surface area (Å²) < 4.78 is 40.0. The minimum absolute atomic E-state index is 0.0908. The molecule has 1 aliphatic rings. The van der Waals surface area contributed by atoms with E-state index in [1.165, 1.54) is 24.3 Å². The molecule has 1 aromatic carbocycles. The van der Waals surface area contributed by atoms with E-state index >= 15 is 0 Å². The lowest BCUT2D eigenvalue weighted by molar-refractivity contribution is -0.274. The molecule has 23 heavy (non-hydrogen) atoms. The Morgan fingerprint density at radius 2 is 1.74 bits per heavy atom. The number of carbonyl (C=O) groups excluding carboxylic acids is 2. The first-order chi connectivity index (χ1) is 10.7. The van der Waals surface area contributed by atoms with E-state index in [1.807, 2.05) is 0 Å². The Kier molecular flexibility index (Phi) is 5.12. The number of carbonyl (C=O) groups is 2. The smallest absolute Gasteiger partial charge is 0.406 e. The summed E-state index contributed by atoms with van der Waals surface area (Å²) in [5.74, 6) is -0.997. The zero-order chi connectivity index (χ0) is 17.0. The van der Waals surface area contributed by atoms with E-state index in [0.717, 1.165) is 0 Å². The van der Waals surface area contributed by atoms with E-state index in [0.29, 0.717) is 31.5 Å². The van der Waals surface area contributed by atoms with Crippen LogP contribution in [0.25, 0.3) is 0 Å². The van der Waals surface area contributed by atoms with Crippen molar-refractivity contribution in [2.45, 2.75) is 25.6 Å². The first-order valence-electron chi connectivity index (χ1n) is 7.16. The van der Waals surface area contributed by atoms with Gasteiger partial charge in [0.1, 0.15) is 5.75 Å². The van der Waals surface area contributed by atoms with E-state index in [2.05, 4.69) is 4.74 Å². The molecule has 2 rings (SSSR count). The van der Waals surface area contributed by atoms with Gasteiger partial charge < -0.3 is 15.4 Å². The van der Waals surface area contributed by atoms with Gasteiger partial charge in [-0.05, 0) is 30.5 Å².